The highest BCUT2D eigenvalue weighted by Crippen LogP contribution is 2.26. The summed E-state index contributed by atoms with van der Waals surface area (Å²) >= 11 is 0. The SMILES string of the molecule is NC(=O)CN(C(=O)C(O)c1ccccc1)C1CCCC1. The molecule has 0 saturated heterocycles. The summed E-state index contributed by atoms with van der Waals surface area (Å²) in [6.07, 6.45) is 2.56. The Kier molecular flexibility index (Phi) is 4.74. The fraction of sp³-hybridized carbons (Fsp3) is 0.467. The van der Waals surface area contributed by atoms with Crippen molar-refractivity contribution >= 4 is 11.8 Å². The van der Waals surface area contributed by atoms with Crippen LogP contribution < -0.4 is 5.73 Å². The minimum absolute atomic E-state index is 0.00774. The van der Waals surface area contributed by atoms with Gasteiger partial charge in [-0.2, -0.15) is 0 Å². The summed E-state index contributed by atoms with van der Waals surface area (Å²) in [7, 11) is 0. The van der Waals surface area contributed by atoms with Gasteiger partial charge in [-0.25, -0.2) is 0 Å². The van der Waals surface area contributed by atoms with E-state index in [0.29, 0.717) is 5.56 Å². The van der Waals surface area contributed by atoms with Gasteiger partial charge in [0.25, 0.3) is 5.91 Å². The third kappa shape index (κ3) is 3.36. The average Bonchev–Trinajstić information content (AvgIpc) is 2.98. The van der Waals surface area contributed by atoms with Crippen molar-refractivity contribution < 1.29 is 14.7 Å². The smallest absolute Gasteiger partial charge is 0.256 e. The van der Waals surface area contributed by atoms with Crippen LogP contribution in [0.5, 0.6) is 0 Å². The average molecular weight is 276 g/mol. The number of primary amides is 1. The lowest BCUT2D eigenvalue weighted by molar-refractivity contribution is -0.145. The summed E-state index contributed by atoms with van der Waals surface area (Å²) in [4.78, 5) is 25.0. The molecule has 1 atom stereocenters. The molecule has 1 fully saturated rings. The zero-order valence-corrected chi connectivity index (χ0v) is 11.4. The van der Waals surface area contributed by atoms with Crippen LogP contribution in [0.15, 0.2) is 30.3 Å². The topological polar surface area (TPSA) is 83.6 Å². The number of carbonyl (C=O) groups is 2. The molecule has 2 rings (SSSR count). The molecule has 1 aliphatic carbocycles. The number of benzene rings is 1. The summed E-state index contributed by atoms with van der Waals surface area (Å²) in [6.45, 7) is -0.132. The first-order valence-electron chi connectivity index (χ1n) is 6.91. The quantitative estimate of drug-likeness (QED) is 0.840. The van der Waals surface area contributed by atoms with Crippen molar-refractivity contribution in [1.29, 1.82) is 0 Å². The molecule has 1 unspecified atom stereocenters. The molecule has 20 heavy (non-hydrogen) atoms. The molecule has 0 spiro atoms. The molecule has 0 aromatic heterocycles. The Bertz CT molecular complexity index is 469. The monoisotopic (exact) mass is 276 g/mol. The van der Waals surface area contributed by atoms with Gasteiger partial charge in [0.15, 0.2) is 6.10 Å². The minimum Gasteiger partial charge on any atom is -0.378 e. The van der Waals surface area contributed by atoms with Crippen LogP contribution in [0.4, 0.5) is 0 Å². The van der Waals surface area contributed by atoms with Crippen LogP contribution in [0.1, 0.15) is 37.4 Å². The van der Waals surface area contributed by atoms with E-state index in [2.05, 4.69) is 0 Å². The molecule has 0 radical (unpaired) electrons. The molecule has 1 saturated carbocycles. The van der Waals surface area contributed by atoms with E-state index in [1.54, 1.807) is 24.3 Å². The number of carbonyl (C=O) groups excluding carboxylic acids is 2. The first-order chi connectivity index (χ1) is 9.59. The molecule has 0 bridgehead atoms. The Balaban J connectivity index is 2.15. The van der Waals surface area contributed by atoms with Gasteiger partial charge in [0.05, 0.1) is 6.54 Å². The van der Waals surface area contributed by atoms with Gasteiger partial charge in [-0.15, -0.1) is 0 Å². The second-order valence-corrected chi connectivity index (χ2v) is 5.18. The molecule has 0 heterocycles. The van der Waals surface area contributed by atoms with E-state index >= 15 is 0 Å². The van der Waals surface area contributed by atoms with Gasteiger partial charge in [0.2, 0.25) is 5.91 Å². The van der Waals surface area contributed by atoms with Crippen molar-refractivity contribution in [2.45, 2.75) is 37.8 Å². The largest absolute Gasteiger partial charge is 0.378 e. The van der Waals surface area contributed by atoms with Crippen LogP contribution in [0, 0.1) is 0 Å². The number of nitrogens with zero attached hydrogens (tertiary/aromatic N) is 1. The zero-order valence-electron chi connectivity index (χ0n) is 11.4. The number of amides is 2. The van der Waals surface area contributed by atoms with Gasteiger partial charge in [0.1, 0.15) is 0 Å². The van der Waals surface area contributed by atoms with Crippen LogP contribution in [0.2, 0.25) is 0 Å². The zero-order chi connectivity index (χ0) is 14.5. The lowest BCUT2D eigenvalue weighted by Crippen LogP contribution is -2.46. The molecule has 5 heteroatoms. The van der Waals surface area contributed by atoms with Crippen molar-refractivity contribution in [3.63, 3.8) is 0 Å². The number of nitrogens with two attached hydrogens (primary N) is 1. The predicted molar refractivity (Wildman–Crippen MR) is 74.6 cm³/mol. The number of hydrogen-bond acceptors (Lipinski definition) is 3. The van der Waals surface area contributed by atoms with E-state index in [0.717, 1.165) is 25.7 Å². The maximum Gasteiger partial charge on any atom is 0.256 e. The molecule has 2 amide bonds. The molecule has 1 aliphatic rings. The van der Waals surface area contributed by atoms with Crippen molar-refractivity contribution in [3.8, 4) is 0 Å². The highest BCUT2D eigenvalue weighted by molar-refractivity contribution is 5.87. The normalized spacial score (nSPS) is 16.9. The molecular formula is C15H20N2O3. The first kappa shape index (κ1) is 14.5. The molecule has 108 valence electrons. The second kappa shape index (κ2) is 6.52. The van der Waals surface area contributed by atoms with Crippen LogP contribution in [0.3, 0.4) is 0 Å². The van der Waals surface area contributed by atoms with E-state index in [-0.39, 0.29) is 12.6 Å². The van der Waals surface area contributed by atoms with E-state index < -0.39 is 17.9 Å². The van der Waals surface area contributed by atoms with Crippen molar-refractivity contribution in [1.82, 2.24) is 4.90 Å². The van der Waals surface area contributed by atoms with Crippen LogP contribution in [0.25, 0.3) is 0 Å². The fourth-order valence-corrected chi connectivity index (χ4v) is 2.71. The van der Waals surface area contributed by atoms with Gasteiger partial charge >= 0.3 is 0 Å². The molecule has 3 N–H and O–H groups in total. The number of hydrogen-bond donors (Lipinski definition) is 2. The van der Waals surface area contributed by atoms with Gasteiger partial charge in [0, 0.05) is 6.04 Å². The summed E-state index contributed by atoms with van der Waals surface area (Å²) in [6, 6.07) is 8.74. The van der Waals surface area contributed by atoms with Crippen LogP contribution >= 0.6 is 0 Å². The lowest BCUT2D eigenvalue weighted by atomic mass is 10.1. The van der Waals surface area contributed by atoms with Gasteiger partial charge in [-0.05, 0) is 18.4 Å². The third-order valence-electron chi connectivity index (χ3n) is 3.72. The van der Waals surface area contributed by atoms with Gasteiger partial charge < -0.3 is 15.7 Å². The molecule has 0 aliphatic heterocycles. The van der Waals surface area contributed by atoms with E-state index in [4.69, 9.17) is 5.73 Å². The lowest BCUT2D eigenvalue weighted by Gasteiger charge is -2.29. The van der Waals surface area contributed by atoms with Gasteiger partial charge in [-0.3, -0.25) is 9.59 Å². The molecule has 1 aromatic rings. The summed E-state index contributed by atoms with van der Waals surface area (Å²) in [5, 5.41) is 10.2. The minimum atomic E-state index is -1.24. The third-order valence-corrected chi connectivity index (χ3v) is 3.72. The van der Waals surface area contributed by atoms with E-state index in [9.17, 15) is 14.7 Å². The van der Waals surface area contributed by atoms with Crippen molar-refractivity contribution in [2.24, 2.45) is 5.73 Å². The Morgan fingerprint density at radius 3 is 2.40 bits per heavy atom. The fourth-order valence-electron chi connectivity index (χ4n) is 2.71. The Hall–Kier alpha value is -1.88. The maximum absolute atomic E-state index is 12.4. The first-order valence-corrected chi connectivity index (χ1v) is 6.91. The Labute approximate surface area is 118 Å². The highest BCUT2D eigenvalue weighted by Gasteiger charge is 2.31. The molecule has 1 aromatic carbocycles. The van der Waals surface area contributed by atoms with E-state index in [1.807, 2.05) is 6.07 Å². The highest BCUT2D eigenvalue weighted by atomic mass is 16.3. The van der Waals surface area contributed by atoms with Crippen LogP contribution in [-0.4, -0.2) is 34.4 Å². The summed E-state index contributed by atoms with van der Waals surface area (Å²) in [5.41, 5.74) is 5.76. The Morgan fingerprint density at radius 2 is 1.85 bits per heavy atom. The molecular weight excluding hydrogens is 256 g/mol. The van der Waals surface area contributed by atoms with Crippen molar-refractivity contribution in [2.75, 3.05) is 6.54 Å². The van der Waals surface area contributed by atoms with Gasteiger partial charge in [-0.1, -0.05) is 43.2 Å². The maximum atomic E-state index is 12.4. The van der Waals surface area contributed by atoms with Crippen LogP contribution in [-0.2, 0) is 9.59 Å². The summed E-state index contributed by atoms with van der Waals surface area (Å²) in [5.74, 6) is -0.993. The second-order valence-electron chi connectivity index (χ2n) is 5.18. The number of aliphatic hydroxyl groups is 1. The summed E-state index contributed by atoms with van der Waals surface area (Å²) < 4.78 is 0. The van der Waals surface area contributed by atoms with E-state index in [1.165, 1.54) is 4.90 Å². The molecule has 5 nitrogen and oxygen atoms in total. The number of aliphatic hydroxyl groups excluding tert-OH is 1. The predicted octanol–water partition coefficient (Wildman–Crippen LogP) is 0.976. The number of rotatable bonds is 5. The van der Waals surface area contributed by atoms with Crippen molar-refractivity contribution in [3.05, 3.63) is 35.9 Å². The standard InChI is InChI=1S/C15H20N2O3/c16-13(18)10-17(12-8-4-5-9-12)15(20)14(19)11-6-2-1-3-7-11/h1-3,6-7,12,14,19H,4-5,8-10H2,(H2,16,18). The Morgan fingerprint density at radius 1 is 1.25 bits per heavy atom.